The third-order valence-electron chi connectivity index (χ3n) is 9.88. The van der Waals surface area contributed by atoms with Crippen molar-refractivity contribution in [2.75, 3.05) is 0 Å². The predicted octanol–water partition coefficient (Wildman–Crippen LogP) is 11.0. The van der Waals surface area contributed by atoms with Crippen molar-refractivity contribution in [2.24, 2.45) is 9.98 Å². The van der Waals surface area contributed by atoms with Gasteiger partial charge in [0.25, 0.3) is 0 Å². The summed E-state index contributed by atoms with van der Waals surface area (Å²) in [7, 11) is 0. The van der Waals surface area contributed by atoms with Gasteiger partial charge in [-0.2, -0.15) is 0 Å². The van der Waals surface area contributed by atoms with Crippen molar-refractivity contribution >= 4 is 44.1 Å². The maximum atomic E-state index is 13.3. The number of benzene rings is 3. The van der Waals surface area contributed by atoms with E-state index in [4.69, 9.17) is 9.98 Å². The third-order valence-corrected chi connectivity index (χ3v) is 13.9. The van der Waals surface area contributed by atoms with E-state index in [2.05, 4.69) is 57.8 Å². The fourth-order valence-corrected chi connectivity index (χ4v) is 10.9. The molecule has 2 heterocycles. The molecular weight excluding hydrogens is 767 g/mol. The summed E-state index contributed by atoms with van der Waals surface area (Å²) < 4.78 is 3.25. The van der Waals surface area contributed by atoms with Crippen LogP contribution in [0, 0.1) is 13.8 Å². The van der Waals surface area contributed by atoms with Crippen LogP contribution >= 0.6 is 0 Å². The Morgan fingerprint density at radius 2 is 1.04 bits per heavy atom. The zero-order valence-corrected chi connectivity index (χ0v) is 35.6. The molecule has 2 aliphatic rings. The van der Waals surface area contributed by atoms with Crippen LogP contribution in [0.5, 0.6) is 0 Å². The van der Waals surface area contributed by atoms with Crippen LogP contribution in [0.1, 0.15) is 98.1 Å². The number of hydrogen-bond donors (Lipinski definition) is 0. The Kier molecular flexibility index (Phi) is 16.8. The summed E-state index contributed by atoms with van der Waals surface area (Å²) in [5, 5.41) is 26.7. The molecule has 0 aliphatic carbocycles. The normalized spacial score (nSPS) is 15.2. The maximum absolute atomic E-state index is 13.3. The summed E-state index contributed by atoms with van der Waals surface area (Å²) >= 11 is 0.149. The minimum atomic E-state index is -0.384. The van der Waals surface area contributed by atoms with Crippen LogP contribution in [0.3, 0.4) is 0 Å². The van der Waals surface area contributed by atoms with Gasteiger partial charge in [0.15, 0.2) is 0 Å². The van der Waals surface area contributed by atoms with Crippen molar-refractivity contribution in [3.63, 3.8) is 0 Å². The Morgan fingerprint density at radius 1 is 0.630 bits per heavy atom. The van der Waals surface area contributed by atoms with E-state index >= 15 is 0 Å². The van der Waals surface area contributed by atoms with Crippen LogP contribution in [0.4, 0.5) is 0 Å². The van der Waals surface area contributed by atoms with Gasteiger partial charge >= 0.3 is 69.5 Å². The molecule has 0 atom stereocenters. The molecule has 0 bridgehead atoms. The Bertz CT molecular complexity index is 1780. The molecule has 3 aromatic rings. The molecule has 0 radical (unpaired) electrons. The first-order chi connectivity index (χ1) is 26.2. The van der Waals surface area contributed by atoms with E-state index in [1.807, 2.05) is 92.8 Å². The van der Waals surface area contributed by atoms with E-state index in [0.29, 0.717) is 33.9 Å². The van der Waals surface area contributed by atoms with Gasteiger partial charge in [-0.05, 0) is 79.7 Å². The van der Waals surface area contributed by atoms with E-state index in [-0.39, 0.29) is 44.0 Å². The zero-order valence-electron chi connectivity index (χ0n) is 32.7. The molecule has 0 saturated heterocycles. The molecule has 2 aliphatic heterocycles. The van der Waals surface area contributed by atoms with Crippen molar-refractivity contribution in [1.82, 2.24) is 0 Å². The Labute approximate surface area is 335 Å². The molecule has 0 N–H and O–H groups in total. The molecular formula is C49H56N2O2Sn. The second-order valence-corrected chi connectivity index (χ2v) is 18.5. The number of hydrogen-bond acceptors (Lipinski definition) is 4. The number of aliphatic imine (C=N–C) groups is 2. The van der Waals surface area contributed by atoms with E-state index in [0.717, 1.165) is 36.0 Å². The van der Waals surface area contributed by atoms with Crippen LogP contribution in [0.15, 0.2) is 156 Å². The summed E-state index contributed by atoms with van der Waals surface area (Å²) in [4.78, 5) is 9.66. The predicted molar refractivity (Wildman–Crippen MR) is 230 cm³/mol. The van der Waals surface area contributed by atoms with Crippen LogP contribution < -0.4 is 10.2 Å². The van der Waals surface area contributed by atoms with Gasteiger partial charge < -0.3 is 10.2 Å². The van der Waals surface area contributed by atoms with E-state index < -0.39 is 0 Å². The molecule has 0 unspecified atom stereocenters. The number of rotatable bonds is 18. The Hall–Kier alpha value is -4.42. The molecule has 3 aromatic carbocycles. The molecule has 4 nitrogen and oxygen atoms in total. The van der Waals surface area contributed by atoms with Crippen molar-refractivity contribution in [2.45, 2.75) is 92.8 Å². The number of unbranched alkanes of at least 4 members (excludes halogenated alkanes) is 2. The minimum absolute atomic E-state index is 0.135. The van der Waals surface area contributed by atoms with Crippen LogP contribution in [0.2, 0.25) is 8.87 Å². The Morgan fingerprint density at radius 3 is 1.41 bits per heavy atom. The van der Waals surface area contributed by atoms with Crippen molar-refractivity contribution in [3.05, 3.63) is 180 Å². The molecule has 0 aromatic heterocycles. The monoisotopic (exact) mass is 824 g/mol. The number of aryl methyl sites for hydroxylation is 2. The van der Waals surface area contributed by atoms with Gasteiger partial charge in [-0.3, -0.25) is 9.98 Å². The Balaban J connectivity index is 0.000000641. The van der Waals surface area contributed by atoms with Gasteiger partial charge in [-0.1, -0.05) is 114 Å². The molecule has 0 amide bonds. The molecule has 54 heavy (non-hydrogen) atoms. The first-order valence-electron chi connectivity index (χ1n) is 19.3. The fourth-order valence-electron chi connectivity index (χ4n) is 6.72. The van der Waals surface area contributed by atoms with Gasteiger partial charge in [0.2, 0.25) is 0 Å². The summed E-state index contributed by atoms with van der Waals surface area (Å²) in [6.07, 6.45) is 21.4. The van der Waals surface area contributed by atoms with Crippen LogP contribution in [0.25, 0.3) is 11.5 Å². The average Bonchev–Trinajstić information content (AvgIpc) is 3.87. The molecule has 0 fully saturated rings. The van der Waals surface area contributed by atoms with E-state index in [9.17, 15) is 10.2 Å². The van der Waals surface area contributed by atoms with E-state index in [1.165, 1.54) is 31.2 Å². The summed E-state index contributed by atoms with van der Waals surface area (Å²) in [5.41, 5.74) is 7.44. The van der Waals surface area contributed by atoms with Gasteiger partial charge in [-0.15, -0.1) is 19.7 Å². The van der Waals surface area contributed by atoms with Crippen LogP contribution in [-0.2, 0) is 5.41 Å². The molecule has 278 valence electrons. The molecule has 0 spiro atoms. The zero-order chi connectivity index (χ0) is 38.9. The van der Waals surface area contributed by atoms with Crippen LogP contribution in [-0.4, -0.2) is 32.6 Å². The SMILES string of the molecule is C=CCC(CC=C)(CC=C)c1ccc(C(C2=N/C(=C(\[O-])c3ccc(C)cc3)C=C2)C2=N/C(=C(\[O-])c3ccc(C)cc3)C=C2)cc1.CCC[CH2][Sn+2][CH2]CCC. The second-order valence-electron chi connectivity index (χ2n) is 14.2. The summed E-state index contributed by atoms with van der Waals surface area (Å²) in [6.45, 7) is 20.6. The summed E-state index contributed by atoms with van der Waals surface area (Å²) in [6, 6.07) is 23.5. The number of nitrogens with zero attached hydrogens (tertiary/aromatic N) is 2. The number of allylic oxidation sites excluding steroid dienone is 7. The topological polar surface area (TPSA) is 70.8 Å². The quantitative estimate of drug-likeness (QED) is 0.0555. The first-order valence-corrected chi connectivity index (χ1v) is 23.4. The standard InChI is InChI=1S/C41H40N2O2.2C4H9.Sn/c1-6-25-41(26-7-2,27-8-3)33-19-17-30(18-20-33)38(34-21-23-36(42-34)39(44)31-13-9-28(4)10-14-31)35-22-24-37(43-35)40(45)32-15-11-29(5)12-16-32;2*1-3-4-2;/h6-24,38,44-45H,1-3,25-27H2,4-5H3;2*1,3-4H2,2H3;/q;;;+2/p-2/b39-36-,40-37-;;;. The van der Waals surface area contributed by atoms with Gasteiger partial charge in [0, 0.05) is 5.41 Å². The van der Waals surface area contributed by atoms with Gasteiger partial charge in [0.05, 0.1) is 28.7 Å². The summed E-state index contributed by atoms with van der Waals surface area (Å²) in [5.74, 6) is -0.654. The molecule has 5 rings (SSSR count). The fraction of sp³-hybridized carbons (Fsp3) is 0.306. The van der Waals surface area contributed by atoms with Crippen molar-refractivity contribution in [1.29, 1.82) is 0 Å². The molecule has 5 heteroatoms. The van der Waals surface area contributed by atoms with Crippen molar-refractivity contribution in [3.8, 4) is 0 Å². The van der Waals surface area contributed by atoms with Gasteiger partial charge in [0.1, 0.15) is 0 Å². The first kappa shape index (κ1) is 42.3. The molecule has 0 saturated carbocycles. The van der Waals surface area contributed by atoms with E-state index in [1.54, 1.807) is 21.0 Å². The second kappa shape index (κ2) is 21.5. The third kappa shape index (κ3) is 11.3. The average molecular weight is 824 g/mol. The van der Waals surface area contributed by atoms with Gasteiger partial charge in [-0.25, -0.2) is 0 Å². The van der Waals surface area contributed by atoms with Crippen molar-refractivity contribution < 1.29 is 10.2 Å².